The summed E-state index contributed by atoms with van der Waals surface area (Å²) in [6, 6.07) is 12.1. The summed E-state index contributed by atoms with van der Waals surface area (Å²) in [5, 5.41) is 15.5. The zero-order valence-corrected chi connectivity index (χ0v) is 20.3. The van der Waals surface area contributed by atoms with Crippen LogP contribution in [-0.4, -0.2) is 73.9 Å². The summed E-state index contributed by atoms with van der Waals surface area (Å²) in [5.41, 5.74) is 3.16. The number of hydrogen-bond acceptors (Lipinski definition) is 9. The van der Waals surface area contributed by atoms with Crippen LogP contribution in [0.25, 0.3) is 10.9 Å². The van der Waals surface area contributed by atoms with E-state index in [0.29, 0.717) is 16.8 Å². The first-order chi connectivity index (χ1) is 16.7. The summed E-state index contributed by atoms with van der Waals surface area (Å²) in [4.78, 5) is 18.8. The third kappa shape index (κ3) is 5.46. The number of pyridine rings is 1. The van der Waals surface area contributed by atoms with Crippen LogP contribution in [0.3, 0.4) is 0 Å². The lowest BCUT2D eigenvalue weighted by atomic mass is 10.2. The number of hydrogen-bond donors (Lipinski definition) is 3. The van der Waals surface area contributed by atoms with Crippen LogP contribution in [-0.2, 0) is 6.54 Å². The maximum absolute atomic E-state index is 4.62. The van der Waals surface area contributed by atoms with Crippen molar-refractivity contribution in [3.63, 3.8) is 0 Å². The van der Waals surface area contributed by atoms with Crippen LogP contribution < -0.4 is 10.6 Å². The second kappa shape index (κ2) is 10.4. The number of piperazine rings is 1. The molecule has 0 aliphatic carbocycles. The lowest BCUT2D eigenvalue weighted by Crippen LogP contribution is -2.45. The predicted molar refractivity (Wildman–Crippen MR) is 138 cm³/mol. The molecule has 3 N–H and O–H groups in total. The summed E-state index contributed by atoms with van der Waals surface area (Å²) in [5.74, 6) is 2.17. The van der Waals surface area contributed by atoms with Crippen molar-refractivity contribution >= 4 is 45.8 Å². The topological polar surface area (TPSA) is 97.9 Å². The van der Waals surface area contributed by atoms with Gasteiger partial charge in [0.05, 0.1) is 11.7 Å². The highest BCUT2D eigenvalue weighted by molar-refractivity contribution is 7.98. The largest absolute Gasteiger partial charge is 0.340 e. The molecule has 3 aromatic heterocycles. The fourth-order valence-corrected chi connectivity index (χ4v) is 4.44. The van der Waals surface area contributed by atoms with Crippen LogP contribution in [0.4, 0.5) is 23.1 Å². The number of likely N-dealkylation sites (N-methyl/N-ethyl adjacent to an activating group) is 1. The predicted octanol–water partition coefficient (Wildman–Crippen LogP) is 4.09. The Balaban J connectivity index is 1.25. The Morgan fingerprint density at radius 3 is 2.44 bits per heavy atom. The summed E-state index contributed by atoms with van der Waals surface area (Å²) in [7, 11) is 0. The minimum Gasteiger partial charge on any atom is -0.340 e. The van der Waals surface area contributed by atoms with Gasteiger partial charge in [0.2, 0.25) is 0 Å². The molecule has 9 nitrogen and oxygen atoms in total. The summed E-state index contributed by atoms with van der Waals surface area (Å²) in [6.45, 7) is 8.79. The van der Waals surface area contributed by atoms with Crippen molar-refractivity contribution in [2.24, 2.45) is 0 Å². The van der Waals surface area contributed by atoms with Crippen molar-refractivity contribution in [2.45, 2.75) is 18.6 Å². The van der Waals surface area contributed by atoms with Gasteiger partial charge in [-0.3, -0.25) is 10.00 Å². The molecule has 4 aromatic rings. The maximum Gasteiger partial charge on any atom is 0.191 e. The molecule has 176 valence electrons. The van der Waals surface area contributed by atoms with Crippen molar-refractivity contribution < 1.29 is 0 Å². The Morgan fingerprint density at radius 2 is 1.71 bits per heavy atom. The number of thioether (sulfide) groups is 1. The van der Waals surface area contributed by atoms with Gasteiger partial charge in [0.15, 0.2) is 5.16 Å². The molecule has 10 heteroatoms. The molecular formula is C24H29N9S. The van der Waals surface area contributed by atoms with Gasteiger partial charge in [0.1, 0.15) is 17.5 Å². The minimum atomic E-state index is 0.680. The molecule has 0 atom stereocenters. The smallest absolute Gasteiger partial charge is 0.191 e. The molecule has 0 unspecified atom stereocenters. The van der Waals surface area contributed by atoms with E-state index in [-0.39, 0.29) is 0 Å². The number of anilines is 4. The number of aromatic amines is 1. The second-order valence-electron chi connectivity index (χ2n) is 8.31. The van der Waals surface area contributed by atoms with Crippen LogP contribution in [0, 0.1) is 0 Å². The highest BCUT2D eigenvalue weighted by Gasteiger charge is 2.15. The van der Waals surface area contributed by atoms with E-state index in [1.54, 1.807) is 6.20 Å². The number of fused-ring (bicyclic) bond motifs is 1. The standard InChI is InChI=1S/C24H29N9S/c1-3-32-8-10-33(11-9-32)16-17-4-7-21(25-14-17)28-23-13-22(29-24(30-23)34-2)27-19-5-6-20-18(12-19)15-26-31-20/h4-7,12-15H,3,8-11,16H2,1-2H3,(H,26,31)(H2,25,27,28,29,30). The molecule has 5 rings (SSSR count). The Morgan fingerprint density at radius 1 is 0.912 bits per heavy atom. The normalized spacial score (nSPS) is 15.0. The van der Waals surface area contributed by atoms with E-state index in [1.165, 1.54) is 17.3 Å². The fraction of sp³-hybridized carbons (Fsp3) is 0.333. The molecule has 0 radical (unpaired) electrons. The molecule has 0 spiro atoms. The molecular weight excluding hydrogens is 446 g/mol. The molecule has 0 bridgehead atoms. The van der Waals surface area contributed by atoms with Crippen molar-refractivity contribution in [1.29, 1.82) is 0 Å². The van der Waals surface area contributed by atoms with Crippen molar-refractivity contribution in [1.82, 2.24) is 34.9 Å². The van der Waals surface area contributed by atoms with Gasteiger partial charge in [-0.1, -0.05) is 24.8 Å². The molecule has 1 fully saturated rings. The van der Waals surface area contributed by atoms with E-state index >= 15 is 0 Å². The van der Waals surface area contributed by atoms with Crippen molar-refractivity contribution in [3.05, 3.63) is 54.4 Å². The molecule has 4 heterocycles. The van der Waals surface area contributed by atoms with E-state index in [0.717, 1.165) is 61.7 Å². The Hall–Kier alpha value is -3.21. The van der Waals surface area contributed by atoms with E-state index in [1.807, 2.05) is 42.8 Å². The van der Waals surface area contributed by atoms with E-state index in [2.05, 4.69) is 58.6 Å². The first-order valence-electron chi connectivity index (χ1n) is 11.5. The molecule has 34 heavy (non-hydrogen) atoms. The van der Waals surface area contributed by atoms with Crippen molar-refractivity contribution in [3.8, 4) is 0 Å². The third-order valence-electron chi connectivity index (χ3n) is 6.00. The Bertz CT molecular complexity index is 1230. The van der Waals surface area contributed by atoms with Gasteiger partial charge in [-0.25, -0.2) is 15.0 Å². The van der Waals surface area contributed by atoms with Crippen LogP contribution in [0.2, 0.25) is 0 Å². The lowest BCUT2D eigenvalue weighted by molar-refractivity contribution is 0.132. The van der Waals surface area contributed by atoms with E-state index < -0.39 is 0 Å². The fourth-order valence-electron chi connectivity index (χ4n) is 4.06. The van der Waals surface area contributed by atoms with Crippen LogP contribution in [0.15, 0.2) is 53.9 Å². The Kier molecular flexibility index (Phi) is 6.89. The summed E-state index contributed by atoms with van der Waals surface area (Å²) in [6.07, 6.45) is 5.72. The first-order valence-corrected chi connectivity index (χ1v) is 12.7. The van der Waals surface area contributed by atoms with Crippen LogP contribution in [0.1, 0.15) is 12.5 Å². The lowest BCUT2D eigenvalue weighted by Gasteiger charge is -2.33. The molecule has 1 saturated heterocycles. The zero-order chi connectivity index (χ0) is 23.3. The number of aromatic nitrogens is 5. The molecule has 0 amide bonds. The third-order valence-corrected chi connectivity index (χ3v) is 6.55. The quantitative estimate of drug-likeness (QED) is 0.257. The van der Waals surface area contributed by atoms with Crippen molar-refractivity contribution in [2.75, 3.05) is 49.6 Å². The number of nitrogens with zero attached hydrogens (tertiary/aromatic N) is 6. The van der Waals surface area contributed by atoms with Gasteiger partial charge >= 0.3 is 0 Å². The maximum atomic E-state index is 4.62. The summed E-state index contributed by atoms with van der Waals surface area (Å²) < 4.78 is 0. The molecule has 0 saturated carbocycles. The monoisotopic (exact) mass is 475 g/mol. The number of rotatable bonds is 8. The molecule has 1 aromatic carbocycles. The van der Waals surface area contributed by atoms with Gasteiger partial charge in [0, 0.05) is 56.1 Å². The van der Waals surface area contributed by atoms with Gasteiger partial charge in [-0.2, -0.15) is 5.10 Å². The summed E-state index contributed by atoms with van der Waals surface area (Å²) >= 11 is 1.50. The molecule has 1 aliphatic rings. The Labute approximate surface area is 203 Å². The average molecular weight is 476 g/mol. The van der Waals surface area contributed by atoms with Gasteiger partial charge in [-0.15, -0.1) is 0 Å². The van der Waals surface area contributed by atoms with Gasteiger partial charge in [-0.05, 0) is 42.6 Å². The highest BCUT2D eigenvalue weighted by Crippen LogP contribution is 2.24. The second-order valence-corrected chi connectivity index (χ2v) is 9.08. The number of benzene rings is 1. The van der Waals surface area contributed by atoms with Gasteiger partial charge < -0.3 is 15.5 Å². The average Bonchev–Trinajstić information content (AvgIpc) is 3.33. The van der Waals surface area contributed by atoms with Crippen LogP contribution in [0.5, 0.6) is 0 Å². The van der Waals surface area contributed by atoms with E-state index in [4.69, 9.17) is 0 Å². The van der Waals surface area contributed by atoms with Gasteiger partial charge in [0.25, 0.3) is 0 Å². The van der Waals surface area contributed by atoms with Crippen LogP contribution >= 0.6 is 11.8 Å². The molecule has 1 aliphatic heterocycles. The zero-order valence-electron chi connectivity index (χ0n) is 19.5. The minimum absolute atomic E-state index is 0.680. The van der Waals surface area contributed by atoms with E-state index in [9.17, 15) is 0 Å². The SMILES string of the molecule is CCN1CCN(Cc2ccc(Nc3cc(Nc4ccc5[nH]ncc5c4)nc(SC)n3)nc2)CC1. The highest BCUT2D eigenvalue weighted by atomic mass is 32.2. The number of nitrogens with one attached hydrogen (secondary N) is 3. The number of H-pyrrole nitrogens is 1. The first kappa shape index (κ1) is 22.6.